The molecule has 1 aliphatic rings. The zero-order chi connectivity index (χ0) is 13.0. The number of thiazole rings is 1. The first kappa shape index (κ1) is 13.3. The first-order valence-corrected chi connectivity index (χ1v) is 7.20. The van der Waals surface area contributed by atoms with Crippen LogP contribution in [0, 0.1) is 0 Å². The van der Waals surface area contributed by atoms with Crippen molar-refractivity contribution in [1.29, 1.82) is 0 Å². The quantitative estimate of drug-likeness (QED) is 0.850. The van der Waals surface area contributed by atoms with Crippen LogP contribution < -0.4 is 11.1 Å². The summed E-state index contributed by atoms with van der Waals surface area (Å²) in [6, 6.07) is 0.475. The normalized spacial score (nSPS) is 20.8. The summed E-state index contributed by atoms with van der Waals surface area (Å²) < 4.78 is 0. The fourth-order valence-electron chi connectivity index (χ4n) is 2.26. The largest absolute Gasteiger partial charge is 0.375 e. The fraction of sp³-hybridized carbons (Fsp3) is 0.667. The number of hydrogen-bond donors (Lipinski definition) is 2. The molecule has 2 rings (SSSR count). The fourth-order valence-corrected chi connectivity index (χ4v) is 2.83. The van der Waals surface area contributed by atoms with Crippen LogP contribution in [0.1, 0.15) is 25.0 Å². The van der Waals surface area contributed by atoms with E-state index in [0.29, 0.717) is 17.6 Å². The average molecular weight is 268 g/mol. The van der Waals surface area contributed by atoms with Crippen molar-refractivity contribution < 1.29 is 4.79 Å². The highest BCUT2D eigenvalue weighted by atomic mass is 32.1. The van der Waals surface area contributed by atoms with Gasteiger partial charge in [0.2, 0.25) is 5.91 Å². The summed E-state index contributed by atoms with van der Waals surface area (Å²) in [5, 5.41) is 5.34. The Morgan fingerprint density at radius 2 is 2.50 bits per heavy atom. The van der Waals surface area contributed by atoms with Crippen molar-refractivity contribution in [2.24, 2.45) is 0 Å². The maximum Gasteiger partial charge on any atom is 0.226 e. The molecule has 0 bridgehead atoms. The second-order valence-electron chi connectivity index (χ2n) is 4.79. The second kappa shape index (κ2) is 6.15. The summed E-state index contributed by atoms with van der Waals surface area (Å²) >= 11 is 1.37. The van der Waals surface area contributed by atoms with Gasteiger partial charge in [0.05, 0.1) is 12.1 Å². The molecule has 6 heteroatoms. The van der Waals surface area contributed by atoms with E-state index in [2.05, 4.69) is 22.2 Å². The number of anilines is 1. The van der Waals surface area contributed by atoms with Crippen molar-refractivity contribution in [2.45, 2.75) is 31.7 Å². The summed E-state index contributed by atoms with van der Waals surface area (Å²) in [6.45, 7) is 1.86. The maximum atomic E-state index is 11.8. The van der Waals surface area contributed by atoms with Crippen molar-refractivity contribution in [3.05, 3.63) is 11.1 Å². The number of nitrogens with two attached hydrogens (primary N) is 1. The third kappa shape index (κ3) is 3.68. The molecule has 1 aromatic rings. The predicted molar refractivity (Wildman–Crippen MR) is 73.5 cm³/mol. The minimum Gasteiger partial charge on any atom is -0.375 e. The summed E-state index contributed by atoms with van der Waals surface area (Å²) in [6.07, 6.45) is 4.01. The molecule has 1 aliphatic heterocycles. The third-order valence-electron chi connectivity index (χ3n) is 3.37. The zero-order valence-corrected chi connectivity index (χ0v) is 11.5. The van der Waals surface area contributed by atoms with Crippen LogP contribution in [0.3, 0.4) is 0 Å². The molecular formula is C12H20N4OS. The van der Waals surface area contributed by atoms with Crippen molar-refractivity contribution in [3.8, 4) is 0 Å². The Labute approximate surface area is 111 Å². The number of nitrogens with zero attached hydrogens (tertiary/aromatic N) is 2. The molecule has 0 saturated carbocycles. The number of likely N-dealkylation sites (tertiary alicyclic amines) is 1. The summed E-state index contributed by atoms with van der Waals surface area (Å²) in [7, 11) is 2.12. The lowest BCUT2D eigenvalue weighted by Gasteiger charge is -2.32. The van der Waals surface area contributed by atoms with Crippen LogP contribution in [0.25, 0.3) is 0 Å². The lowest BCUT2D eigenvalue weighted by Crippen LogP contribution is -2.44. The number of piperidine rings is 1. The highest BCUT2D eigenvalue weighted by Gasteiger charge is 2.19. The summed E-state index contributed by atoms with van der Waals surface area (Å²) in [4.78, 5) is 18.2. The van der Waals surface area contributed by atoms with Crippen LogP contribution in [0.15, 0.2) is 5.38 Å². The van der Waals surface area contributed by atoms with Gasteiger partial charge in [-0.15, -0.1) is 11.3 Å². The van der Waals surface area contributed by atoms with E-state index in [4.69, 9.17) is 5.73 Å². The molecule has 0 radical (unpaired) electrons. The number of carbonyl (C=O) groups is 1. The Morgan fingerprint density at radius 3 is 3.17 bits per heavy atom. The molecule has 1 aromatic heterocycles. The Kier molecular flexibility index (Phi) is 4.54. The number of aromatic nitrogens is 1. The van der Waals surface area contributed by atoms with Crippen LogP contribution in [0.2, 0.25) is 0 Å². The maximum absolute atomic E-state index is 11.8. The minimum atomic E-state index is 0.0271. The Hall–Kier alpha value is -1.14. The molecule has 100 valence electrons. The highest BCUT2D eigenvalue weighted by molar-refractivity contribution is 7.13. The van der Waals surface area contributed by atoms with E-state index in [1.807, 2.05) is 5.38 Å². The van der Waals surface area contributed by atoms with Crippen molar-refractivity contribution in [2.75, 3.05) is 25.9 Å². The zero-order valence-electron chi connectivity index (χ0n) is 10.7. The standard InChI is InChI=1S/C12H20N4OS/c1-16-5-3-2-4-10(16)7-14-11(17)6-9-8-18-12(13)15-9/h8,10H,2-7H2,1H3,(H2,13,15)(H,14,17). The monoisotopic (exact) mass is 268 g/mol. The topological polar surface area (TPSA) is 71.2 Å². The number of carbonyl (C=O) groups excluding carboxylic acids is 1. The molecular weight excluding hydrogens is 248 g/mol. The molecule has 2 heterocycles. The van der Waals surface area contributed by atoms with E-state index in [0.717, 1.165) is 18.8 Å². The first-order chi connectivity index (χ1) is 8.65. The van der Waals surface area contributed by atoms with Crippen LogP contribution in [-0.4, -0.2) is 42.0 Å². The van der Waals surface area contributed by atoms with Gasteiger partial charge in [-0.05, 0) is 26.4 Å². The van der Waals surface area contributed by atoms with Gasteiger partial charge in [0.15, 0.2) is 5.13 Å². The highest BCUT2D eigenvalue weighted by Crippen LogP contribution is 2.14. The Morgan fingerprint density at radius 1 is 1.67 bits per heavy atom. The van der Waals surface area contributed by atoms with Gasteiger partial charge in [0, 0.05) is 18.0 Å². The van der Waals surface area contributed by atoms with E-state index in [1.54, 1.807) is 0 Å². The first-order valence-electron chi connectivity index (χ1n) is 6.32. The molecule has 1 fully saturated rings. The van der Waals surface area contributed by atoms with Gasteiger partial charge in [0.1, 0.15) is 0 Å². The molecule has 0 aliphatic carbocycles. The molecule has 1 amide bonds. The van der Waals surface area contributed by atoms with Gasteiger partial charge in [-0.1, -0.05) is 6.42 Å². The lowest BCUT2D eigenvalue weighted by molar-refractivity contribution is -0.120. The minimum absolute atomic E-state index is 0.0271. The molecule has 1 saturated heterocycles. The number of nitrogens with one attached hydrogen (secondary N) is 1. The molecule has 3 N–H and O–H groups in total. The van der Waals surface area contributed by atoms with Crippen molar-refractivity contribution in [1.82, 2.24) is 15.2 Å². The van der Waals surface area contributed by atoms with Gasteiger partial charge >= 0.3 is 0 Å². The van der Waals surface area contributed by atoms with Crippen LogP contribution in [0.4, 0.5) is 5.13 Å². The number of amides is 1. The average Bonchev–Trinajstić information content (AvgIpc) is 2.74. The molecule has 1 unspecified atom stereocenters. The van der Waals surface area contributed by atoms with Crippen LogP contribution in [-0.2, 0) is 11.2 Å². The molecule has 0 aromatic carbocycles. The van der Waals surface area contributed by atoms with Gasteiger partial charge in [-0.2, -0.15) is 0 Å². The number of rotatable bonds is 4. The van der Waals surface area contributed by atoms with Crippen molar-refractivity contribution >= 4 is 22.4 Å². The molecule has 18 heavy (non-hydrogen) atoms. The second-order valence-corrected chi connectivity index (χ2v) is 5.68. The van der Waals surface area contributed by atoms with E-state index >= 15 is 0 Å². The Bertz CT molecular complexity index is 407. The van der Waals surface area contributed by atoms with E-state index in [-0.39, 0.29) is 5.91 Å². The van der Waals surface area contributed by atoms with E-state index in [9.17, 15) is 4.79 Å². The van der Waals surface area contributed by atoms with Gasteiger partial charge in [-0.3, -0.25) is 4.79 Å². The number of likely N-dealkylation sites (N-methyl/N-ethyl adjacent to an activating group) is 1. The summed E-state index contributed by atoms with van der Waals surface area (Å²) in [5.74, 6) is 0.0271. The number of hydrogen-bond acceptors (Lipinski definition) is 5. The predicted octanol–water partition coefficient (Wildman–Crippen LogP) is 0.868. The molecule has 0 spiro atoms. The summed E-state index contributed by atoms with van der Waals surface area (Å²) in [5.41, 5.74) is 6.29. The third-order valence-corrected chi connectivity index (χ3v) is 4.09. The SMILES string of the molecule is CN1CCCCC1CNC(=O)Cc1csc(N)n1. The van der Waals surface area contributed by atoms with Crippen molar-refractivity contribution in [3.63, 3.8) is 0 Å². The van der Waals surface area contributed by atoms with Crippen LogP contribution in [0.5, 0.6) is 0 Å². The van der Waals surface area contributed by atoms with E-state index < -0.39 is 0 Å². The van der Waals surface area contributed by atoms with Gasteiger partial charge in [0.25, 0.3) is 0 Å². The Balaban J connectivity index is 1.74. The van der Waals surface area contributed by atoms with Crippen LogP contribution >= 0.6 is 11.3 Å². The molecule has 1 atom stereocenters. The smallest absolute Gasteiger partial charge is 0.226 e. The van der Waals surface area contributed by atoms with Gasteiger partial charge in [-0.25, -0.2) is 4.98 Å². The lowest BCUT2D eigenvalue weighted by atomic mass is 10.0. The van der Waals surface area contributed by atoms with E-state index in [1.165, 1.54) is 30.6 Å². The number of nitrogen functional groups attached to an aromatic ring is 1. The van der Waals surface area contributed by atoms with Gasteiger partial charge < -0.3 is 16.0 Å². The molecule has 5 nitrogen and oxygen atoms in total.